The van der Waals surface area contributed by atoms with Gasteiger partial charge in [-0.25, -0.2) is 0 Å². The van der Waals surface area contributed by atoms with Crippen molar-refractivity contribution in [3.63, 3.8) is 0 Å². The lowest BCUT2D eigenvalue weighted by molar-refractivity contribution is 0.388. The molecule has 2 heterocycles. The summed E-state index contributed by atoms with van der Waals surface area (Å²) < 4.78 is 4.92. The van der Waals surface area contributed by atoms with Crippen LogP contribution in [0, 0.1) is 6.92 Å². The Kier molecular flexibility index (Phi) is 2.40. The van der Waals surface area contributed by atoms with E-state index in [1.165, 1.54) is 0 Å². The zero-order valence-electron chi connectivity index (χ0n) is 7.77. The van der Waals surface area contributed by atoms with Gasteiger partial charge in [0.05, 0.1) is 18.9 Å². The molecule has 72 valence electrons. The van der Waals surface area contributed by atoms with Gasteiger partial charge in [0.15, 0.2) is 5.76 Å². The molecule has 14 heavy (non-hydrogen) atoms. The average molecular weight is 190 g/mol. The molecule has 5 nitrogen and oxygen atoms in total. The van der Waals surface area contributed by atoms with E-state index in [2.05, 4.69) is 20.7 Å². The normalized spacial score (nSPS) is 10.1. The van der Waals surface area contributed by atoms with Gasteiger partial charge >= 0.3 is 0 Å². The van der Waals surface area contributed by atoms with Crippen molar-refractivity contribution in [2.24, 2.45) is 0 Å². The number of aromatic nitrogens is 3. The summed E-state index contributed by atoms with van der Waals surface area (Å²) in [6, 6.07) is 3.72. The maximum Gasteiger partial charge on any atom is 0.155 e. The first-order chi connectivity index (χ1) is 6.84. The third kappa shape index (κ3) is 2.07. The van der Waals surface area contributed by atoms with Gasteiger partial charge in [0.25, 0.3) is 0 Å². The second kappa shape index (κ2) is 3.87. The number of nitrogens with zero attached hydrogens (tertiary/aromatic N) is 3. The lowest BCUT2D eigenvalue weighted by Gasteiger charge is -2.01. The van der Waals surface area contributed by atoms with Crippen LogP contribution in [0.5, 0.6) is 0 Å². The summed E-state index contributed by atoms with van der Waals surface area (Å²) in [4.78, 5) is 0. The molecule has 0 bridgehead atoms. The second-order valence-corrected chi connectivity index (χ2v) is 2.95. The molecule has 0 saturated carbocycles. The monoisotopic (exact) mass is 190 g/mol. The molecule has 0 unspecified atom stereocenters. The van der Waals surface area contributed by atoms with E-state index < -0.39 is 0 Å². The Bertz CT molecular complexity index is 399. The summed E-state index contributed by atoms with van der Waals surface area (Å²) in [5.41, 5.74) is 1.07. The second-order valence-electron chi connectivity index (χ2n) is 2.95. The lowest BCUT2D eigenvalue weighted by atomic mass is 10.3. The van der Waals surface area contributed by atoms with Gasteiger partial charge in [-0.1, -0.05) is 5.16 Å². The number of aryl methyl sites for hydroxylation is 1. The molecule has 0 fully saturated rings. The fraction of sp³-hybridized carbons (Fsp3) is 0.222. The van der Waals surface area contributed by atoms with Gasteiger partial charge in [-0.15, -0.1) is 5.10 Å². The highest BCUT2D eigenvalue weighted by atomic mass is 16.5. The summed E-state index contributed by atoms with van der Waals surface area (Å²) in [6.45, 7) is 2.53. The summed E-state index contributed by atoms with van der Waals surface area (Å²) >= 11 is 0. The molecule has 5 heteroatoms. The zero-order valence-corrected chi connectivity index (χ0v) is 7.77. The molecule has 0 radical (unpaired) electrons. The van der Waals surface area contributed by atoms with Crippen LogP contribution < -0.4 is 5.32 Å². The van der Waals surface area contributed by atoms with E-state index in [0.717, 1.165) is 17.1 Å². The van der Waals surface area contributed by atoms with Crippen LogP contribution in [-0.4, -0.2) is 15.4 Å². The van der Waals surface area contributed by atoms with E-state index in [1.807, 2.05) is 13.0 Å². The molecule has 0 saturated heterocycles. The van der Waals surface area contributed by atoms with Crippen molar-refractivity contribution in [1.29, 1.82) is 0 Å². The molecule has 0 atom stereocenters. The van der Waals surface area contributed by atoms with Crippen molar-refractivity contribution in [3.8, 4) is 0 Å². The van der Waals surface area contributed by atoms with Crippen molar-refractivity contribution in [1.82, 2.24) is 15.4 Å². The van der Waals surface area contributed by atoms with Crippen LogP contribution in [0.3, 0.4) is 0 Å². The molecule has 0 aliphatic rings. The van der Waals surface area contributed by atoms with E-state index in [9.17, 15) is 0 Å². The molecular formula is C9H10N4O. The number of hydrogen-bond donors (Lipinski definition) is 1. The molecular weight excluding hydrogens is 180 g/mol. The van der Waals surface area contributed by atoms with Crippen LogP contribution in [0.1, 0.15) is 11.3 Å². The van der Waals surface area contributed by atoms with Crippen molar-refractivity contribution in [2.75, 3.05) is 5.32 Å². The molecule has 0 aromatic carbocycles. The van der Waals surface area contributed by atoms with Gasteiger partial charge in [-0.05, 0) is 18.6 Å². The third-order valence-corrected chi connectivity index (χ3v) is 1.73. The molecule has 0 amide bonds. The molecule has 2 rings (SSSR count). The fourth-order valence-corrected chi connectivity index (χ4v) is 1.06. The van der Waals surface area contributed by atoms with E-state index in [1.54, 1.807) is 18.5 Å². The minimum absolute atomic E-state index is 0.568. The first-order valence-electron chi connectivity index (χ1n) is 4.27. The average Bonchev–Trinajstić information content (AvgIpc) is 2.67. The molecule has 0 spiro atoms. The quantitative estimate of drug-likeness (QED) is 0.792. The molecule has 2 aromatic heterocycles. The maximum absolute atomic E-state index is 4.92. The minimum atomic E-state index is 0.568. The smallest absolute Gasteiger partial charge is 0.155 e. The topological polar surface area (TPSA) is 63.8 Å². The Morgan fingerprint density at radius 2 is 2.43 bits per heavy atom. The Balaban J connectivity index is 1.98. The standard InChI is InChI=1S/C9H10N4O/c1-7-4-9(13-11-5-7)10-6-8-2-3-12-14-8/h2-5H,6H2,1H3,(H,10,13). The predicted octanol–water partition coefficient (Wildman–Crippen LogP) is 1.39. The van der Waals surface area contributed by atoms with Crippen LogP contribution in [0.4, 0.5) is 5.82 Å². The Morgan fingerprint density at radius 1 is 1.50 bits per heavy atom. The third-order valence-electron chi connectivity index (χ3n) is 1.73. The fourth-order valence-electron chi connectivity index (χ4n) is 1.06. The van der Waals surface area contributed by atoms with Crippen molar-refractivity contribution < 1.29 is 4.52 Å². The van der Waals surface area contributed by atoms with Gasteiger partial charge in [0.2, 0.25) is 0 Å². The number of anilines is 1. The number of hydrogen-bond acceptors (Lipinski definition) is 5. The summed E-state index contributed by atoms with van der Waals surface area (Å²) in [5, 5.41) is 14.4. The molecule has 0 aliphatic carbocycles. The van der Waals surface area contributed by atoms with Crippen molar-refractivity contribution >= 4 is 5.82 Å². The Labute approximate surface area is 81.1 Å². The van der Waals surface area contributed by atoms with Gasteiger partial charge in [0, 0.05) is 6.07 Å². The summed E-state index contributed by atoms with van der Waals surface area (Å²) in [5.74, 6) is 1.51. The van der Waals surface area contributed by atoms with Gasteiger partial charge < -0.3 is 9.84 Å². The summed E-state index contributed by atoms with van der Waals surface area (Å²) in [7, 11) is 0. The van der Waals surface area contributed by atoms with Crippen LogP contribution in [0.2, 0.25) is 0 Å². The largest absolute Gasteiger partial charge is 0.361 e. The number of nitrogens with one attached hydrogen (secondary N) is 1. The van der Waals surface area contributed by atoms with Crippen molar-refractivity contribution in [2.45, 2.75) is 13.5 Å². The molecule has 2 aromatic rings. The van der Waals surface area contributed by atoms with Crippen LogP contribution in [-0.2, 0) is 6.54 Å². The van der Waals surface area contributed by atoms with Gasteiger partial charge in [-0.3, -0.25) is 0 Å². The van der Waals surface area contributed by atoms with Crippen LogP contribution in [0.15, 0.2) is 29.0 Å². The first-order valence-corrected chi connectivity index (χ1v) is 4.27. The first kappa shape index (κ1) is 8.68. The highest BCUT2D eigenvalue weighted by Gasteiger charge is 1.98. The van der Waals surface area contributed by atoms with Gasteiger partial charge in [-0.2, -0.15) is 5.10 Å². The van der Waals surface area contributed by atoms with E-state index in [-0.39, 0.29) is 0 Å². The Morgan fingerprint density at radius 3 is 3.14 bits per heavy atom. The van der Waals surface area contributed by atoms with Gasteiger partial charge in [0.1, 0.15) is 5.82 Å². The van der Waals surface area contributed by atoms with Crippen LogP contribution >= 0.6 is 0 Å². The number of rotatable bonds is 3. The minimum Gasteiger partial charge on any atom is -0.361 e. The van der Waals surface area contributed by atoms with Crippen molar-refractivity contribution in [3.05, 3.63) is 35.9 Å². The van der Waals surface area contributed by atoms with E-state index >= 15 is 0 Å². The molecule has 1 N–H and O–H groups in total. The highest BCUT2D eigenvalue weighted by Crippen LogP contribution is 2.05. The van der Waals surface area contributed by atoms with E-state index in [0.29, 0.717) is 6.54 Å². The van der Waals surface area contributed by atoms with E-state index in [4.69, 9.17) is 4.52 Å². The SMILES string of the molecule is Cc1cnnc(NCc2ccno2)c1. The highest BCUT2D eigenvalue weighted by molar-refractivity contribution is 5.35. The van der Waals surface area contributed by atoms with Crippen LogP contribution in [0.25, 0.3) is 0 Å². The Hall–Kier alpha value is -1.91. The lowest BCUT2D eigenvalue weighted by Crippen LogP contribution is -2.01. The maximum atomic E-state index is 4.92. The summed E-state index contributed by atoms with van der Waals surface area (Å²) in [6.07, 6.45) is 3.32. The molecule has 0 aliphatic heterocycles. The zero-order chi connectivity index (χ0) is 9.80. The predicted molar refractivity (Wildman–Crippen MR) is 50.6 cm³/mol.